The molecule has 0 saturated carbocycles. The normalized spacial score (nSPS) is 15.7. The Labute approximate surface area is 146 Å². The van der Waals surface area contributed by atoms with Gasteiger partial charge in [0.05, 0.1) is 10.4 Å². The van der Waals surface area contributed by atoms with Crippen LogP contribution < -0.4 is 5.73 Å². The van der Waals surface area contributed by atoms with Gasteiger partial charge in [-0.05, 0) is 36.6 Å². The molecule has 1 fully saturated rings. The first-order valence-corrected chi connectivity index (χ1v) is 9.61. The first-order valence-electron chi connectivity index (χ1n) is 8.17. The average molecular weight is 354 g/mol. The highest BCUT2D eigenvalue weighted by atomic mass is 32.2. The monoisotopic (exact) mass is 354 g/mol. The summed E-state index contributed by atoms with van der Waals surface area (Å²) < 4.78 is 27.6. The van der Waals surface area contributed by atoms with Crippen LogP contribution in [0.5, 0.6) is 0 Å². The molecule has 3 aromatic rings. The van der Waals surface area contributed by atoms with Gasteiger partial charge >= 0.3 is 0 Å². The van der Waals surface area contributed by atoms with Crippen LogP contribution in [0.2, 0.25) is 0 Å². The molecule has 2 heterocycles. The Morgan fingerprint density at radius 2 is 1.80 bits per heavy atom. The summed E-state index contributed by atoms with van der Waals surface area (Å²) in [4.78, 5) is 8.54. The third kappa shape index (κ3) is 2.85. The fraction of sp³-hybridized carbons (Fsp3) is 0.222. The molecule has 128 valence electrons. The Morgan fingerprint density at radius 3 is 2.60 bits per heavy atom. The molecule has 1 aliphatic rings. The Bertz CT molecular complexity index is 1040. The number of nitrogens with zero attached hydrogens (tertiary/aromatic N) is 3. The van der Waals surface area contributed by atoms with E-state index in [1.165, 1.54) is 0 Å². The van der Waals surface area contributed by atoms with Gasteiger partial charge in [-0.3, -0.25) is 0 Å². The molecule has 2 aromatic carbocycles. The van der Waals surface area contributed by atoms with E-state index in [0.717, 1.165) is 29.3 Å². The Balaban J connectivity index is 1.85. The third-order valence-electron chi connectivity index (χ3n) is 4.48. The summed E-state index contributed by atoms with van der Waals surface area (Å²) in [5, 5.41) is 0.820. The van der Waals surface area contributed by atoms with Gasteiger partial charge in [0.25, 0.3) is 0 Å². The molecule has 1 saturated heterocycles. The first-order chi connectivity index (χ1) is 12.1. The molecule has 0 amide bonds. The summed E-state index contributed by atoms with van der Waals surface area (Å²) in [6.45, 7) is 1.17. The van der Waals surface area contributed by atoms with E-state index in [1.807, 2.05) is 30.3 Å². The summed E-state index contributed by atoms with van der Waals surface area (Å²) >= 11 is 0. The Hall–Kier alpha value is -2.51. The molecule has 1 aliphatic heterocycles. The van der Waals surface area contributed by atoms with E-state index in [2.05, 4.69) is 9.97 Å². The highest BCUT2D eigenvalue weighted by molar-refractivity contribution is 7.89. The van der Waals surface area contributed by atoms with E-state index in [4.69, 9.17) is 5.73 Å². The molecular formula is C18H18N4O2S. The molecule has 1 aromatic heterocycles. The van der Waals surface area contributed by atoms with Crippen molar-refractivity contribution in [2.45, 2.75) is 17.7 Å². The second-order valence-corrected chi connectivity index (χ2v) is 8.02. The second-order valence-electron chi connectivity index (χ2n) is 6.11. The van der Waals surface area contributed by atoms with E-state index in [1.54, 1.807) is 22.6 Å². The van der Waals surface area contributed by atoms with E-state index in [-0.39, 0.29) is 5.95 Å². The number of fused-ring (bicyclic) bond motifs is 1. The minimum Gasteiger partial charge on any atom is -0.368 e. The summed E-state index contributed by atoms with van der Waals surface area (Å²) in [5.74, 6) is 0.220. The Kier molecular flexibility index (Phi) is 3.89. The van der Waals surface area contributed by atoms with Crippen molar-refractivity contribution in [2.24, 2.45) is 0 Å². The highest BCUT2D eigenvalue weighted by Crippen LogP contribution is 2.32. The third-order valence-corrected chi connectivity index (χ3v) is 6.44. The van der Waals surface area contributed by atoms with Crippen LogP contribution >= 0.6 is 0 Å². The van der Waals surface area contributed by atoms with Gasteiger partial charge < -0.3 is 5.73 Å². The van der Waals surface area contributed by atoms with E-state index in [9.17, 15) is 8.42 Å². The Morgan fingerprint density at radius 1 is 1.04 bits per heavy atom. The largest absolute Gasteiger partial charge is 0.368 e. The molecule has 2 N–H and O–H groups in total. The molecular weight excluding hydrogens is 336 g/mol. The summed E-state index contributed by atoms with van der Waals surface area (Å²) in [6.07, 6.45) is 3.48. The molecule has 0 bridgehead atoms. The predicted molar refractivity (Wildman–Crippen MR) is 97.4 cm³/mol. The molecule has 0 radical (unpaired) electrons. The van der Waals surface area contributed by atoms with Crippen molar-refractivity contribution >= 4 is 26.9 Å². The van der Waals surface area contributed by atoms with Gasteiger partial charge in [0.1, 0.15) is 0 Å². The quantitative estimate of drug-likeness (QED) is 0.781. The minimum atomic E-state index is -3.50. The van der Waals surface area contributed by atoms with Crippen LogP contribution in [0.4, 0.5) is 5.95 Å². The van der Waals surface area contributed by atoms with Crippen LogP contribution in [0.3, 0.4) is 0 Å². The fourth-order valence-electron chi connectivity index (χ4n) is 3.21. The lowest BCUT2D eigenvalue weighted by Crippen LogP contribution is -2.28. The summed E-state index contributed by atoms with van der Waals surface area (Å²) in [5.41, 5.74) is 7.86. The van der Waals surface area contributed by atoms with Crippen molar-refractivity contribution in [3.63, 3.8) is 0 Å². The van der Waals surface area contributed by atoms with Crippen molar-refractivity contribution < 1.29 is 8.42 Å². The van der Waals surface area contributed by atoms with Crippen LogP contribution in [0.1, 0.15) is 12.8 Å². The van der Waals surface area contributed by atoms with Crippen LogP contribution in [0.15, 0.2) is 53.6 Å². The molecule has 4 rings (SSSR count). The van der Waals surface area contributed by atoms with E-state index < -0.39 is 10.0 Å². The van der Waals surface area contributed by atoms with Crippen molar-refractivity contribution in [2.75, 3.05) is 18.8 Å². The standard InChI is InChI=1S/C18H18N4O2S/c19-18-20-12-14-11-13(7-8-16(14)21-18)15-5-1-2-6-17(15)25(23,24)22-9-3-4-10-22/h1-2,5-8,11-12H,3-4,9-10H2,(H2,19,20,21). The van der Waals surface area contributed by atoms with Crippen molar-refractivity contribution in [3.05, 3.63) is 48.7 Å². The number of aromatic nitrogens is 2. The number of benzene rings is 2. The molecule has 0 aliphatic carbocycles. The lowest BCUT2D eigenvalue weighted by Gasteiger charge is -2.18. The van der Waals surface area contributed by atoms with Crippen LogP contribution in [-0.4, -0.2) is 35.8 Å². The average Bonchev–Trinajstić information content (AvgIpc) is 3.17. The molecule has 7 heteroatoms. The van der Waals surface area contributed by atoms with Gasteiger partial charge in [-0.25, -0.2) is 18.4 Å². The molecule has 0 atom stereocenters. The van der Waals surface area contributed by atoms with Gasteiger partial charge in [0.2, 0.25) is 16.0 Å². The zero-order valence-electron chi connectivity index (χ0n) is 13.6. The number of hydrogen-bond acceptors (Lipinski definition) is 5. The molecule has 25 heavy (non-hydrogen) atoms. The maximum atomic E-state index is 13.0. The minimum absolute atomic E-state index is 0.220. The number of anilines is 1. The van der Waals surface area contributed by atoms with Gasteiger partial charge in [0, 0.05) is 30.2 Å². The maximum Gasteiger partial charge on any atom is 0.243 e. The predicted octanol–water partition coefficient (Wildman–Crippen LogP) is 2.66. The van der Waals surface area contributed by atoms with E-state index in [0.29, 0.717) is 23.5 Å². The van der Waals surface area contributed by atoms with Crippen molar-refractivity contribution in [1.29, 1.82) is 0 Å². The lowest BCUT2D eigenvalue weighted by atomic mass is 10.0. The first kappa shape index (κ1) is 16.0. The highest BCUT2D eigenvalue weighted by Gasteiger charge is 2.29. The van der Waals surface area contributed by atoms with Gasteiger partial charge in [-0.1, -0.05) is 24.3 Å². The van der Waals surface area contributed by atoms with Crippen LogP contribution in [-0.2, 0) is 10.0 Å². The number of nitrogen functional groups attached to an aromatic ring is 1. The van der Waals surface area contributed by atoms with Gasteiger partial charge in [0.15, 0.2) is 0 Å². The maximum absolute atomic E-state index is 13.0. The number of hydrogen-bond donors (Lipinski definition) is 1. The van der Waals surface area contributed by atoms with Gasteiger partial charge in [-0.2, -0.15) is 4.31 Å². The molecule has 6 nitrogen and oxygen atoms in total. The number of sulfonamides is 1. The molecule has 0 unspecified atom stereocenters. The topological polar surface area (TPSA) is 89.2 Å². The summed E-state index contributed by atoms with van der Waals surface area (Å²) in [6, 6.07) is 12.7. The van der Waals surface area contributed by atoms with Crippen LogP contribution in [0.25, 0.3) is 22.0 Å². The van der Waals surface area contributed by atoms with Crippen LogP contribution in [0, 0.1) is 0 Å². The SMILES string of the molecule is Nc1ncc2cc(-c3ccccc3S(=O)(=O)N3CCCC3)ccc2n1. The number of nitrogens with two attached hydrogens (primary N) is 1. The van der Waals surface area contributed by atoms with E-state index >= 15 is 0 Å². The van der Waals surface area contributed by atoms with Crippen molar-refractivity contribution in [1.82, 2.24) is 14.3 Å². The zero-order chi connectivity index (χ0) is 17.4. The smallest absolute Gasteiger partial charge is 0.243 e. The van der Waals surface area contributed by atoms with Crippen molar-refractivity contribution in [3.8, 4) is 11.1 Å². The van der Waals surface area contributed by atoms with Gasteiger partial charge in [-0.15, -0.1) is 0 Å². The molecule has 0 spiro atoms. The summed E-state index contributed by atoms with van der Waals surface area (Å²) in [7, 11) is -3.50. The fourth-order valence-corrected chi connectivity index (χ4v) is 4.94. The second kappa shape index (κ2) is 6.09. The lowest BCUT2D eigenvalue weighted by molar-refractivity contribution is 0.478. The number of rotatable bonds is 3. The zero-order valence-corrected chi connectivity index (χ0v) is 14.4.